The molecule has 1 saturated heterocycles. The Bertz CT molecular complexity index is 661. The second kappa shape index (κ2) is 7.92. The second-order valence-electron chi connectivity index (χ2n) is 5.59. The minimum atomic E-state index is -0.174. The van der Waals surface area contributed by atoms with E-state index in [0.717, 1.165) is 32.0 Å². The molecule has 128 valence electrons. The van der Waals surface area contributed by atoms with Crippen molar-refractivity contribution in [2.24, 2.45) is 0 Å². The van der Waals surface area contributed by atoms with E-state index in [1.807, 2.05) is 18.2 Å². The molecular formula is C17H22FN5O. The quantitative estimate of drug-likeness (QED) is 0.817. The molecule has 1 fully saturated rings. The van der Waals surface area contributed by atoms with Gasteiger partial charge in [0.25, 0.3) is 0 Å². The predicted octanol–water partition coefficient (Wildman–Crippen LogP) is 2.00. The molecule has 1 aromatic carbocycles. The van der Waals surface area contributed by atoms with E-state index in [9.17, 15) is 4.39 Å². The van der Waals surface area contributed by atoms with Crippen LogP contribution < -0.4 is 15.1 Å². The van der Waals surface area contributed by atoms with Crippen LogP contribution in [-0.2, 0) is 4.74 Å². The van der Waals surface area contributed by atoms with Gasteiger partial charge in [0.05, 0.1) is 12.3 Å². The molecule has 0 spiro atoms. The van der Waals surface area contributed by atoms with Crippen molar-refractivity contribution in [2.75, 3.05) is 61.6 Å². The van der Waals surface area contributed by atoms with Crippen molar-refractivity contribution < 1.29 is 9.13 Å². The van der Waals surface area contributed by atoms with Gasteiger partial charge in [-0.15, -0.1) is 0 Å². The molecule has 0 radical (unpaired) electrons. The van der Waals surface area contributed by atoms with Crippen molar-refractivity contribution in [3.05, 3.63) is 42.3 Å². The van der Waals surface area contributed by atoms with Crippen LogP contribution in [-0.4, -0.2) is 56.4 Å². The van der Waals surface area contributed by atoms with Gasteiger partial charge >= 0.3 is 0 Å². The SMILES string of the molecule is COCCNc1ccnc(N2CCN(c3ccccc3F)CC2)n1. The zero-order chi connectivity index (χ0) is 16.8. The second-order valence-corrected chi connectivity index (χ2v) is 5.59. The van der Waals surface area contributed by atoms with Crippen LogP contribution in [0.15, 0.2) is 36.5 Å². The third kappa shape index (κ3) is 3.91. The minimum Gasteiger partial charge on any atom is -0.383 e. The fourth-order valence-electron chi connectivity index (χ4n) is 2.74. The average molecular weight is 331 g/mol. The van der Waals surface area contributed by atoms with Gasteiger partial charge in [0.2, 0.25) is 5.95 Å². The smallest absolute Gasteiger partial charge is 0.227 e. The highest BCUT2D eigenvalue weighted by atomic mass is 19.1. The lowest BCUT2D eigenvalue weighted by Crippen LogP contribution is -2.47. The lowest BCUT2D eigenvalue weighted by atomic mass is 10.2. The number of hydrogen-bond donors (Lipinski definition) is 1. The zero-order valence-electron chi connectivity index (χ0n) is 13.8. The van der Waals surface area contributed by atoms with Crippen LogP contribution in [0.25, 0.3) is 0 Å². The number of nitrogens with zero attached hydrogens (tertiary/aromatic N) is 4. The standard InChI is InChI=1S/C17H22FN5O/c1-24-13-8-19-16-6-7-20-17(21-16)23-11-9-22(10-12-23)15-5-3-2-4-14(15)18/h2-7H,8-13H2,1H3,(H,19,20,21). The summed E-state index contributed by atoms with van der Waals surface area (Å²) in [6.45, 7) is 4.33. The zero-order valence-corrected chi connectivity index (χ0v) is 13.8. The summed E-state index contributed by atoms with van der Waals surface area (Å²) in [6.07, 6.45) is 1.75. The number of anilines is 3. The van der Waals surface area contributed by atoms with Crippen molar-refractivity contribution in [1.82, 2.24) is 9.97 Å². The normalized spacial score (nSPS) is 14.8. The van der Waals surface area contributed by atoms with Gasteiger partial charge in [0, 0.05) is 46.0 Å². The van der Waals surface area contributed by atoms with Crippen LogP contribution in [0.5, 0.6) is 0 Å². The molecule has 7 heteroatoms. The van der Waals surface area contributed by atoms with E-state index in [1.54, 1.807) is 19.4 Å². The van der Waals surface area contributed by atoms with Gasteiger partial charge in [-0.3, -0.25) is 0 Å². The Labute approximate surface area is 141 Å². The van der Waals surface area contributed by atoms with Crippen LogP contribution in [0.2, 0.25) is 0 Å². The van der Waals surface area contributed by atoms with Crippen LogP contribution in [0.3, 0.4) is 0 Å². The molecule has 1 aliphatic rings. The molecule has 0 atom stereocenters. The topological polar surface area (TPSA) is 53.5 Å². The monoisotopic (exact) mass is 331 g/mol. The van der Waals surface area contributed by atoms with E-state index in [2.05, 4.69) is 25.1 Å². The lowest BCUT2D eigenvalue weighted by molar-refractivity contribution is 0.210. The van der Waals surface area contributed by atoms with E-state index in [0.29, 0.717) is 24.8 Å². The number of para-hydroxylation sites is 1. The molecule has 0 saturated carbocycles. The van der Waals surface area contributed by atoms with Crippen molar-refractivity contribution in [2.45, 2.75) is 0 Å². The molecule has 1 aliphatic heterocycles. The van der Waals surface area contributed by atoms with E-state index in [4.69, 9.17) is 4.74 Å². The summed E-state index contributed by atoms with van der Waals surface area (Å²) < 4.78 is 18.9. The molecule has 6 nitrogen and oxygen atoms in total. The fourth-order valence-corrected chi connectivity index (χ4v) is 2.74. The lowest BCUT2D eigenvalue weighted by Gasteiger charge is -2.36. The number of rotatable bonds is 6. The molecular weight excluding hydrogens is 309 g/mol. The first-order chi connectivity index (χ1) is 11.8. The molecule has 0 aliphatic carbocycles. The Balaban J connectivity index is 1.60. The Morgan fingerprint density at radius 3 is 2.62 bits per heavy atom. The van der Waals surface area contributed by atoms with E-state index in [-0.39, 0.29) is 5.82 Å². The molecule has 2 heterocycles. The fraction of sp³-hybridized carbons (Fsp3) is 0.412. The first-order valence-electron chi connectivity index (χ1n) is 8.08. The molecule has 1 aromatic heterocycles. The molecule has 0 unspecified atom stereocenters. The number of benzene rings is 1. The summed E-state index contributed by atoms with van der Waals surface area (Å²) in [5.41, 5.74) is 0.660. The molecule has 0 bridgehead atoms. The summed E-state index contributed by atoms with van der Waals surface area (Å²) in [4.78, 5) is 13.1. The van der Waals surface area contributed by atoms with Crippen molar-refractivity contribution in [3.63, 3.8) is 0 Å². The maximum absolute atomic E-state index is 13.9. The first-order valence-corrected chi connectivity index (χ1v) is 8.08. The third-order valence-electron chi connectivity index (χ3n) is 4.01. The predicted molar refractivity (Wildman–Crippen MR) is 93.2 cm³/mol. The highest BCUT2D eigenvalue weighted by molar-refractivity contribution is 5.50. The first kappa shape index (κ1) is 16.4. The summed E-state index contributed by atoms with van der Waals surface area (Å²) >= 11 is 0. The number of halogens is 1. The van der Waals surface area contributed by atoms with Crippen LogP contribution in [0.1, 0.15) is 0 Å². The van der Waals surface area contributed by atoms with Crippen LogP contribution in [0.4, 0.5) is 21.8 Å². The summed E-state index contributed by atoms with van der Waals surface area (Å²) in [5, 5.41) is 3.20. The maximum Gasteiger partial charge on any atom is 0.227 e. The van der Waals surface area contributed by atoms with Gasteiger partial charge < -0.3 is 19.9 Å². The Hall–Kier alpha value is -2.41. The molecule has 1 N–H and O–H groups in total. The number of aromatic nitrogens is 2. The number of hydrogen-bond acceptors (Lipinski definition) is 6. The third-order valence-corrected chi connectivity index (χ3v) is 4.01. The Morgan fingerprint density at radius 1 is 1.12 bits per heavy atom. The van der Waals surface area contributed by atoms with Gasteiger partial charge in [-0.2, -0.15) is 4.98 Å². The summed E-state index contributed by atoms with van der Waals surface area (Å²) in [7, 11) is 1.67. The van der Waals surface area contributed by atoms with E-state index in [1.165, 1.54) is 6.07 Å². The van der Waals surface area contributed by atoms with E-state index < -0.39 is 0 Å². The van der Waals surface area contributed by atoms with Crippen molar-refractivity contribution in [1.29, 1.82) is 0 Å². The number of piperazine rings is 1. The van der Waals surface area contributed by atoms with E-state index >= 15 is 0 Å². The molecule has 0 amide bonds. The van der Waals surface area contributed by atoms with Gasteiger partial charge in [-0.05, 0) is 18.2 Å². The average Bonchev–Trinajstić information content (AvgIpc) is 2.63. The van der Waals surface area contributed by atoms with Gasteiger partial charge in [0.1, 0.15) is 11.6 Å². The maximum atomic E-state index is 13.9. The number of ether oxygens (including phenoxy) is 1. The summed E-state index contributed by atoms with van der Waals surface area (Å²) in [5.74, 6) is 1.31. The number of nitrogens with one attached hydrogen (secondary N) is 1. The highest BCUT2D eigenvalue weighted by Gasteiger charge is 2.21. The molecule has 3 rings (SSSR count). The highest BCUT2D eigenvalue weighted by Crippen LogP contribution is 2.21. The molecule has 24 heavy (non-hydrogen) atoms. The van der Waals surface area contributed by atoms with Crippen LogP contribution in [0, 0.1) is 5.82 Å². The minimum absolute atomic E-state index is 0.174. The largest absolute Gasteiger partial charge is 0.383 e. The van der Waals surface area contributed by atoms with Gasteiger partial charge in [-0.25, -0.2) is 9.37 Å². The van der Waals surface area contributed by atoms with Gasteiger partial charge in [0.15, 0.2) is 0 Å². The van der Waals surface area contributed by atoms with Crippen molar-refractivity contribution in [3.8, 4) is 0 Å². The Morgan fingerprint density at radius 2 is 1.88 bits per heavy atom. The number of methoxy groups -OCH3 is 1. The summed E-state index contributed by atoms with van der Waals surface area (Å²) in [6, 6.07) is 8.74. The van der Waals surface area contributed by atoms with Gasteiger partial charge in [-0.1, -0.05) is 12.1 Å². The molecule has 2 aromatic rings. The Kier molecular flexibility index (Phi) is 5.43. The van der Waals surface area contributed by atoms with Crippen molar-refractivity contribution >= 4 is 17.5 Å². The van der Waals surface area contributed by atoms with Crippen LogP contribution >= 0.6 is 0 Å².